The van der Waals surface area contributed by atoms with E-state index in [0.29, 0.717) is 0 Å². The number of hydrogen-bond donors (Lipinski definition) is 0. The maximum atomic E-state index is 3.33. The van der Waals surface area contributed by atoms with Crippen molar-refractivity contribution in [3.63, 3.8) is 0 Å². The second-order valence-electron chi connectivity index (χ2n) is 7.48. The largest absolute Gasteiger partial charge is 2.00 e. The molecule has 0 amide bonds. The minimum atomic E-state index is 0. The Kier molecular flexibility index (Phi) is 19.1. The Bertz CT molecular complexity index is 260. The monoisotopic (exact) mass is 394 g/mol. The average molecular weight is 396 g/mol. The molecule has 2 aliphatic carbocycles. The summed E-state index contributed by atoms with van der Waals surface area (Å²) >= 11 is 0. The molecule has 0 unspecified atom stereocenters. The van der Waals surface area contributed by atoms with Crippen LogP contribution >= 0.6 is 0 Å². The van der Waals surface area contributed by atoms with Crippen molar-refractivity contribution in [2.75, 3.05) is 0 Å². The fraction of sp³-hybridized carbons (Fsp3) is 0.818. The Morgan fingerprint density at radius 1 is 0.783 bits per heavy atom. The first kappa shape index (κ1) is 25.6. The predicted molar refractivity (Wildman–Crippen MR) is 101 cm³/mol. The van der Waals surface area contributed by atoms with Crippen LogP contribution in [0.3, 0.4) is 0 Å². The second kappa shape index (κ2) is 17.2. The second-order valence-corrected chi connectivity index (χ2v) is 7.48. The van der Waals surface area contributed by atoms with Crippen LogP contribution in [0.2, 0.25) is 0 Å². The standard InChI is InChI=1S/C12H20.2C5H10.Zr/c1-6-8-11(7-2)9-10-12(3,4)5;2*1-2-4-5-3-1;/h9H,6-7H2,1-5H3;2*1-5H2;/q-2;;;+2. The van der Waals surface area contributed by atoms with Crippen molar-refractivity contribution in [1.82, 2.24) is 0 Å². The van der Waals surface area contributed by atoms with Crippen molar-refractivity contribution in [2.45, 2.75) is 112 Å². The molecule has 0 N–H and O–H groups in total. The van der Waals surface area contributed by atoms with Crippen LogP contribution in [0.25, 0.3) is 0 Å². The van der Waals surface area contributed by atoms with Crippen molar-refractivity contribution >= 4 is 0 Å². The topological polar surface area (TPSA) is 0 Å². The third kappa shape index (κ3) is 20.3. The van der Waals surface area contributed by atoms with Gasteiger partial charge in [-0.3, -0.25) is 0 Å². The van der Waals surface area contributed by atoms with E-state index >= 15 is 0 Å². The molecule has 0 nitrogen and oxygen atoms in total. The summed E-state index contributed by atoms with van der Waals surface area (Å²) in [4.78, 5) is 0. The van der Waals surface area contributed by atoms with E-state index in [1.165, 1.54) is 69.8 Å². The van der Waals surface area contributed by atoms with Crippen molar-refractivity contribution < 1.29 is 26.2 Å². The molecule has 0 radical (unpaired) electrons. The molecular formula is C22H40Zr. The molecule has 0 atom stereocenters. The zero-order valence-electron chi connectivity index (χ0n) is 16.6. The number of hydrogen-bond acceptors (Lipinski definition) is 0. The zero-order chi connectivity index (χ0) is 16.7. The SMILES string of the molecule is C1CCCC1.C1CCCC1.CC[C-]=C(C=[C-]C(C)(C)C)CC.[Zr+2]. The minimum Gasteiger partial charge on any atom is -0.387 e. The summed E-state index contributed by atoms with van der Waals surface area (Å²) in [5.74, 6) is 0. The van der Waals surface area contributed by atoms with E-state index in [0.717, 1.165) is 12.8 Å². The molecule has 0 spiro atoms. The van der Waals surface area contributed by atoms with Crippen LogP contribution in [0.1, 0.15) is 112 Å². The van der Waals surface area contributed by atoms with Gasteiger partial charge in [-0.25, -0.2) is 0 Å². The first-order valence-corrected chi connectivity index (χ1v) is 9.70. The average Bonchev–Trinajstić information content (AvgIpc) is 3.20. The third-order valence-corrected chi connectivity index (χ3v) is 3.96. The molecule has 2 rings (SSSR count). The summed E-state index contributed by atoms with van der Waals surface area (Å²) in [7, 11) is 0. The molecule has 0 aromatic rings. The minimum absolute atomic E-state index is 0. The predicted octanol–water partition coefficient (Wildman–Crippen LogP) is 7.84. The van der Waals surface area contributed by atoms with Crippen molar-refractivity contribution in [1.29, 1.82) is 0 Å². The van der Waals surface area contributed by atoms with Crippen molar-refractivity contribution in [2.24, 2.45) is 5.41 Å². The maximum absolute atomic E-state index is 3.33. The molecule has 2 saturated carbocycles. The fourth-order valence-corrected chi connectivity index (χ4v) is 2.58. The summed E-state index contributed by atoms with van der Waals surface area (Å²) in [6.07, 6.45) is 25.8. The molecule has 0 aliphatic heterocycles. The first-order chi connectivity index (χ1) is 10.5. The van der Waals surface area contributed by atoms with Gasteiger partial charge in [0.15, 0.2) is 0 Å². The van der Waals surface area contributed by atoms with Gasteiger partial charge in [0, 0.05) is 0 Å². The van der Waals surface area contributed by atoms with Crippen molar-refractivity contribution in [3.05, 3.63) is 23.8 Å². The molecule has 132 valence electrons. The normalized spacial score (nSPS) is 17.9. The summed E-state index contributed by atoms with van der Waals surface area (Å²) in [6, 6.07) is 0. The van der Waals surface area contributed by atoms with Crippen molar-refractivity contribution in [3.8, 4) is 0 Å². The molecule has 0 heterocycles. The molecule has 2 fully saturated rings. The quantitative estimate of drug-likeness (QED) is 0.337. The summed E-state index contributed by atoms with van der Waals surface area (Å²) in [5, 5.41) is 0. The molecule has 0 aromatic carbocycles. The Morgan fingerprint density at radius 3 is 1.35 bits per heavy atom. The fourth-order valence-electron chi connectivity index (χ4n) is 2.58. The van der Waals surface area contributed by atoms with Crippen LogP contribution in [0.4, 0.5) is 0 Å². The smallest absolute Gasteiger partial charge is 0.387 e. The van der Waals surface area contributed by atoms with Gasteiger partial charge in [0.25, 0.3) is 0 Å². The summed E-state index contributed by atoms with van der Waals surface area (Å²) in [6.45, 7) is 10.7. The van der Waals surface area contributed by atoms with Gasteiger partial charge in [-0.1, -0.05) is 98.8 Å². The van der Waals surface area contributed by atoms with Gasteiger partial charge >= 0.3 is 26.2 Å². The van der Waals surface area contributed by atoms with Crippen LogP contribution in [0, 0.1) is 17.6 Å². The molecule has 0 saturated heterocycles. The molecule has 23 heavy (non-hydrogen) atoms. The van der Waals surface area contributed by atoms with E-state index < -0.39 is 0 Å². The molecule has 1 heteroatoms. The van der Waals surface area contributed by atoms with E-state index in [4.69, 9.17) is 0 Å². The molecule has 0 bridgehead atoms. The van der Waals surface area contributed by atoms with Gasteiger partial charge in [-0.15, -0.1) is 18.3 Å². The Hall–Kier alpha value is 0.363. The van der Waals surface area contributed by atoms with Gasteiger partial charge < -0.3 is 23.8 Å². The van der Waals surface area contributed by atoms with E-state index in [9.17, 15) is 0 Å². The Labute approximate surface area is 166 Å². The van der Waals surface area contributed by atoms with Gasteiger partial charge in [-0.2, -0.15) is 0 Å². The maximum Gasteiger partial charge on any atom is 2.00 e. The zero-order valence-corrected chi connectivity index (χ0v) is 19.0. The number of rotatable bonds is 3. The van der Waals surface area contributed by atoms with E-state index in [-0.39, 0.29) is 31.6 Å². The summed E-state index contributed by atoms with van der Waals surface area (Å²) < 4.78 is 0. The van der Waals surface area contributed by atoms with Crippen LogP contribution in [0.15, 0.2) is 11.6 Å². The van der Waals surface area contributed by atoms with Crippen LogP contribution in [0.5, 0.6) is 0 Å². The number of allylic oxidation sites excluding steroid dienone is 4. The van der Waals surface area contributed by atoms with Gasteiger partial charge in [0.1, 0.15) is 0 Å². The van der Waals surface area contributed by atoms with Crippen LogP contribution in [-0.4, -0.2) is 0 Å². The van der Waals surface area contributed by atoms with Gasteiger partial charge in [0.2, 0.25) is 0 Å². The summed E-state index contributed by atoms with van der Waals surface area (Å²) in [5.41, 5.74) is 1.43. The van der Waals surface area contributed by atoms with Gasteiger partial charge in [-0.05, 0) is 0 Å². The van der Waals surface area contributed by atoms with E-state index in [1.807, 2.05) is 0 Å². The molecular weight excluding hydrogens is 355 g/mol. The van der Waals surface area contributed by atoms with Crippen LogP contribution in [-0.2, 0) is 26.2 Å². The first-order valence-electron chi connectivity index (χ1n) is 9.70. The Balaban J connectivity index is 0. The van der Waals surface area contributed by atoms with E-state index in [2.05, 4.69) is 52.8 Å². The van der Waals surface area contributed by atoms with E-state index in [1.54, 1.807) is 0 Å². The van der Waals surface area contributed by atoms with Crippen LogP contribution < -0.4 is 0 Å². The third-order valence-electron chi connectivity index (χ3n) is 3.96. The molecule has 0 aromatic heterocycles. The Morgan fingerprint density at radius 2 is 1.13 bits per heavy atom. The van der Waals surface area contributed by atoms with Gasteiger partial charge in [0.05, 0.1) is 0 Å². The molecule has 2 aliphatic rings.